The van der Waals surface area contributed by atoms with Gasteiger partial charge in [0.25, 0.3) is 5.91 Å². The van der Waals surface area contributed by atoms with Crippen LogP contribution >= 0.6 is 11.8 Å². The lowest BCUT2D eigenvalue weighted by atomic mass is 10.1. The first kappa shape index (κ1) is 24.4. The molecule has 38 heavy (non-hydrogen) atoms. The average molecular weight is 528 g/mol. The molecule has 0 spiro atoms. The van der Waals surface area contributed by atoms with Gasteiger partial charge in [0.1, 0.15) is 17.7 Å². The number of amidine groups is 2. The van der Waals surface area contributed by atoms with Crippen molar-refractivity contribution < 1.29 is 14.0 Å². The lowest BCUT2D eigenvalue weighted by molar-refractivity contribution is -0.135. The van der Waals surface area contributed by atoms with Gasteiger partial charge >= 0.3 is 0 Å². The molecule has 3 heterocycles. The summed E-state index contributed by atoms with van der Waals surface area (Å²) in [6, 6.07) is 23.2. The molecule has 192 valence electrons. The summed E-state index contributed by atoms with van der Waals surface area (Å²) in [4.78, 5) is 41.9. The minimum absolute atomic E-state index is 0.0300. The molecular weight excluding hydrogens is 501 g/mol. The number of halogens is 1. The summed E-state index contributed by atoms with van der Waals surface area (Å²) >= 11 is 1.40. The fourth-order valence-electron chi connectivity index (χ4n) is 4.91. The second-order valence-corrected chi connectivity index (χ2v) is 10.3. The SMILES string of the molecule is O=C(CC1N=C2c3ccccc3N=C(SCc3ccc(F)cc3)N2C1=O)N1CCN(c2ccccc2)CC1. The molecule has 6 rings (SSSR count). The molecule has 1 atom stereocenters. The van der Waals surface area contributed by atoms with Crippen LogP contribution in [-0.2, 0) is 15.3 Å². The minimum atomic E-state index is -0.785. The van der Waals surface area contributed by atoms with Gasteiger partial charge in [-0.25, -0.2) is 14.3 Å². The summed E-state index contributed by atoms with van der Waals surface area (Å²) < 4.78 is 13.3. The second-order valence-electron chi connectivity index (χ2n) is 9.38. The van der Waals surface area contributed by atoms with Gasteiger partial charge in [0.15, 0.2) is 5.17 Å². The number of hydrogen-bond acceptors (Lipinski definition) is 6. The van der Waals surface area contributed by atoms with Gasteiger partial charge in [-0.2, -0.15) is 0 Å². The van der Waals surface area contributed by atoms with E-state index < -0.39 is 6.04 Å². The first-order valence-corrected chi connectivity index (χ1v) is 13.6. The Morgan fingerprint density at radius 1 is 0.921 bits per heavy atom. The van der Waals surface area contributed by atoms with Gasteiger partial charge in [-0.05, 0) is 42.0 Å². The highest BCUT2D eigenvalue weighted by Gasteiger charge is 2.42. The number of aliphatic imine (C=N–C) groups is 2. The highest BCUT2D eigenvalue weighted by molar-refractivity contribution is 8.13. The molecule has 2 amide bonds. The summed E-state index contributed by atoms with van der Waals surface area (Å²) in [6.45, 7) is 2.72. The molecule has 1 fully saturated rings. The van der Waals surface area contributed by atoms with Crippen molar-refractivity contribution in [3.63, 3.8) is 0 Å². The number of carbonyl (C=O) groups is 2. The van der Waals surface area contributed by atoms with Gasteiger partial charge in [0.05, 0.1) is 12.1 Å². The molecule has 1 saturated heterocycles. The van der Waals surface area contributed by atoms with E-state index in [-0.39, 0.29) is 24.1 Å². The third-order valence-electron chi connectivity index (χ3n) is 6.95. The van der Waals surface area contributed by atoms with Crippen LogP contribution in [0.15, 0.2) is 88.8 Å². The molecule has 3 aromatic carbocycles. The smallest absolute Gasteiger partial charge is 0.259 e. The quantitative estimate of drug-likeness (QED) is 0.492. The minimum Gasteiger partial charge on any atom is -0.368 e. The maximum absolute atomic E-state index is 13.6. The van der Waals surface area contributed by atoms with Gasteiger partial charge in [-0.3, -0.25) is 14.6 Å². The monoisotopic (exact) mass is 527 g/mol. The number of carbonyl (C=O) groups excluding carboxylic acids is 2. The molecule has 1 unspecified atom stereocenters. The number of rotatable bonds is 5. The number of hydrogen-bond donors (Lipinski definition) is 0. The van der Waals surface area contributed by atoms with Gasteiger partial charge < -0.3 is 9.80 Å². The third-order valence-corrected chi connectivity index (χ3v) is 7.96. The van der Waals surface area contributed by atoms with Crippen LogP contribution in [0.25, 0.3) is 0 Å². The van der Waals surface area contributed by atoms with Crippen molar-refractivity contribution in [1.29, 1.82) is 0 Å². The zero-order valence-corrected chi connectivity index (χ0v) is 21.5. The average Bonchev–Trinajstić information content (AvgIpc) is 3.29. The summed E-state index contributed by atoms with van der Waals surface area (Å²) in [5.41, 5.74) is 3.58. The maximum Gasteiger partial charge on any atom is 0.259 e. The standard InChI is InChI=1S/C29H26FN5O2S/c30-21-12-10-20(11-13-21)19-38-29-32-24-9-5-4-8-23(24)27-31-25(28(37)35(27)29)18-26(36)34-16-14-33(15-17-34)22-6-2-1-3-7-22/h1-13,25H,14-19H2. The predicted molar refractivity (Wildman–Crippen MR) is 148 cm³/mol. The van der Waals surface area contributed by atoms with Crippen molar-refractivity contribution in [2.75, 3.05) is 31.1 Å². The van der Waals surface area contributed by atoms with E-state index in [9.17, 15) is 14.0 Å². The molecule has 0 aliphatic carbocycles. The number of piperazine rings is 1. The van der Waals surface area contributed by atoms with E-state index in [0.717, 1.165) is 35.6 Å². The molecule has 0 saturated carbocycles. The van der Waals surface area contributed by atoms with Crippen LogP contribution in [0.5, 0.6) is 0 Å². The molecular formula is C29H26FN5O2S. The fourth-order valence-corrected chi connectivity index (χ4v) is 5.86. The van der Waals surface area contributed by atoms with Crippen molar-refractivity contribution in [1.82, 2.24) is 9.80 Å². The Hall–Kier alpha value is -3.98. The van der Waals surface area contributed by atoms with E-state index in [1.54, 1.807) is 17.0 Å². The number of anilines is 1. The Labute approximate surface area is 224 Å². The molecule has 0 aromatic heterocycles. The summed E-state index contributed by atoms with van der Waals surface area (Å²) in [5.74, 6) is 0.463. The molecule has 9 heteroatoms. The first-order chi connectivity index (χ1) is 18.6. The van der Waals surface area contributed by atoms with Crippen LogP contribution in [0.1, 0.15) is 17.5 Å². The zero-order valence-electron chi connectivity index (χ0n) is 20.7. The molecule has 3 aliphatic rings. The Bertz CT molecular complexity index is 1420. The highest BCUT2D eigenvalue weighted by Crippen LogP contribution is 2.35. The van der Waals surface area contributed by atoms with Crippen LogP contribution in [0.4, 0.5) is 15.8 Å². The van der Waals surface area contributed by atoms with Gasteiger partial charge in [0.2, 0.25) is 5.91 Å². The summed E-state index contributed by atoms with van der Waals surface area (Å²) in [5, 5.41) is 0.517. The predicted octanol–water partition coefficient (Wildman–Crippen LogP) is 4.46. The van der Waals surface area contributed by atoms with E-state index in [0.29, 0.717) is 29.8 Å². The molecule has 0 radical (unpaired) electrons. The molecule has 7 nitrogen and oxygen atoms in total. The fraction of sp³-hybridized carbons (Fsp3) is 0.241. The Morgan fingerprint density at radius 2 is 1.63 bits per heavy atom. The van der Waals surface area contributed by atoms with Crippen molar-refractivity contribution in [3.8, 4) is 0 Å². The largest absolute Gasteiger partial charge is 0.368 e. The van der Waals surface area contributed by atoms with Crippen LogP contribution in [0.2, 0.25) is 0 Å². The second kappa shape index (κ2) is 10.4. The number of benzene rings is 3. The van der Waals surface area contributed by atoms with E-state index in [2.05, 4.69) is 17.0 Å². The Morgan fingerprint density at radius 3 is 2.39 bits per heavy atom. The van der Waals surface area contributed by atoms with Gasteiger partial charge in [0, 0.05) is 43.2 Å². The van der Waals surface area contributed by atoms with Gasteiger partial charge in [-0.15, -0.1) is 0 Å². The number of amides is 2. The lowest BCUT2D eigenvalue weighted by Gasteiger charge is -2.36. The molecule has 0 bridgehead atoms. The number of fused-ring (bicyclic) bond motifs is 3. The van der Waals surface area contributed by atoms with Crippen LogP contribution in [0, 0.1) is 5.82 Å². The first-order valence-electron chi connectivity index (χ1n) is 12.6. The van der Waals surface area contributed by atoms with Gasteiger partial charge in [-0.1, -0.05) is 54.2 Å². The highest BCUT2D eigenvalue weighted by atomic mass is 32.2. The van der Waals surface area contributed by atoms with Crippen LogP contribution < -0.4 is 4.90 Å². The topological polar surface area (TPSA) is 68.6 Å². The molecule has 0 N–H and O–H groups in total. The summed E-state index contributed by atoms with van der Waals surface area (Å²) in [7, 11) is 0. The van der Waals surface area contributed by atoms with Crippen LogP contribution in [0.3, 0.4) is 0 Å². The van der Waals surface area contributed by atoms with Crippen molar-refractivity contribution in [2.24, 2.45) is 9.98 Å². The van der Waals surface area contributed by atoms with Crippen molar-refractivity contribution in [2.45, 2.75) is 18.2 Å². The zero-order chi connectivity index (χ0) is 26.1. The molecule has 3 aromatic rings. The van der Waals surface area contributed by atoms with E-state index >= 15 is 0 Å². The van der Waals surface area contributed by atoms with Crippen LogP contribution in [-0.4, -0.2) is 64.8 Å². The third kappa shape index (κ3) is 4.81. The van der Waals surface area contributed by atoms with E-state index in [1.165, 1.54) is 23.9 Å². The van der Waals surface area contributed by atoms with E-state index in [1.807, 2.05) is 47.4 Å². The lowest BCUT2D eigenvalue weighted by Crippen LogP contribution is -2.49. The summed E-state index contributed by atoms with van der Waals surface area (Å²) in [6.07, 6.45) is 0.0300. The maximum atomic E-state index is 13.6. The molecule has 3 aliphatic heterocycles. The number of thioether (sulfide) groups is 1. The normalized spacial score (nSPS) is 18.6. The Kier molecular flexibility index (Phi) is 6.68. The Balaban J connectivity index is 1.16. The van der Waals surface area contributed by atoms with Crippen molar-refractivity contribution in [3.05, 3.63) is 95.8 Å². The van der Waals surface area contributed by atoms with Crippen molar-refractivity contribution >= 4 is 46.0 Å². The number of nitrogens with zero attached hydrogens (tertiary/aromatic N) is 5. The number of para-hydroxylation sites is 2. The van der Waals surface area contributed by atoms with E-state index in [4.69, 9.17) is 9.98 Å².